The third-order valence-corrected chi connectivity index (χ3v) is 1.97. The molecule has 0 spiro atoms. The molecule has 0 aliphatic carbocycles. The maximum absolute atomic E-state index is 13.3. The van der Waals surface area contributed by atoms with E-state index in [1.54, 1.807) is 0 Å². The van der Waals surface area contributed by atoms with Crippen LogP contribution in [0.1, 0.15) is 17.5 Å². The van der Waals surface area contributed by atoms with Crippen molar-refractivity contribution in [3.8, 4) is 6.07 Å². The Bertz CT molecular complexity index is 396. The summed E-state index contributed by atoms with van der Waals surface area (Å²) in [7, 11) is 0. The number of rotatable bonds is 3. The highest BCUT2D eigenvalue weighted by molar-refractivity contribution is 5.36. The third kappa shape index (κ3) is 2.48. The van der Waals surface area contributed by atoms with Gasteiger partial charge in [0, 0.05) is 12.0 Å². The highest BCUT2D eigenvalue weighted by atomic mass is 19.3. The predicted octanol–water partition coefficient (Wildman–Crippen LogP) is 2.14. The van der Waals surface area contributed by atoms with Crippen LogP contribution in [0.25, 0.3) is 0 Å². The van der Waals surface area contributed by atoms with Gasteiger partial charge in [-0.1, -0.05) is 6.07 Å². The minimum absolute atomic E-state index is 0.174. The van der Waals surface area contributed by atoms with Gasteiger partial charge in [0.1, 0.15) is 11.9 Å². The maximum atomic E-state index is 13.3. The minimum atomic E-state index is -3.12. The van der Waals surface area contributed by atoms with Crippen LogP contribution in [0.5, 0.6) is 0 Å². The van der Waals surface area contributed by atoms with E-state index in [0.29, 0.717) is 0 Å². The molecule has 1 aromatic rings. The molecular weight excluding hydrogens is 205 g/mol. The summed E-state index contributed by atoms with van der Waals surface area (Å²) < 4.78 is 39.4. The van der Waals surface area contributed by atoms with Gasteiger partial charge in [0.05, 0.1) is 5.56 Å². The van der Waals surface area contributed by atoms with Crippen LogP contribution in [-0.4, -0.2) is 6.54 Å². The highest BCUT2D eigenvalue weighted by Crippen LogP contribution is 2.31. The van der Waals surface area contributed by atoms with E-state index in [9.17, 15) is 13.2 Å². The number of nitrogens with zero attached hydrogens (tertiary/aromatic N) is 1. The molecule has 5 heteroatoms. The van der Waals surface area contributed by atoms with Crippen LogP contribution in [-0.2, 0) is 5.92 Å². The van der Waals surface area contributed by atoms with Crippen molar-refractivity contribution in [2.45, 2.75) is 12.3 Å². The number of alkyl halides is 2. The van der Waals surface area contributed by atoms with E-state index in [0.717, 1.165) is 18.2 Å². The van der Waals surface area contributed by atoms with Gasteiger partial charge >= 0.3 is 0 Å². The zero-order valence-electron chi connectivity index (χ0n) is 7.80. The van der Waals surface area contributed by atoms with Gasteiger partial charge < -0.3 is 5.73 Å². The fourth-order valence-corrected chi connectivity index (χ4v) is 1.16. The Kier molecular flexibility index (Phi) is 3.32. The van der Waals surface area contributed by atoms with E-state index >= 15 is 0 Å². The van der Waals surface area contributed by atoms with Crippen LogP contribution < -0.4 is 5.73 Å². The highest BCUT2D eigenvalue weighted by Gasteiger charge is 2.30. The van der Waals surface area contributed by atoms with E-state index in [-0.39, 0.29) is 17.7 Å². The molecule has 1 aromatic carbocycles. The van der Waals surface area contributed by atoms with Crippen molar-refractivity contribution in [1.82, 2.24) is 0 Å². The number of halogens is 3. The molecule has 80 valence electrons. The second kappa shape index (κ2) is 4.32. The average molecular weight is 214 g/mol. The first-order chi connectivity index (χ1) is 7.01. The fraction of sp³-hybridized carbons (Fsp3) is 0.300. The van der Waals surface area contributed by atoms with Crippen LogP contribution in [0.2, 0.25) is 0 Å². The van der Waals surface area contributed by atoms with Gasteiger partial charge in [-0.3, -0.25) is 0 Å². The van der Waals surface area contributed by atoms with E-state index in [1.165, 1.54) is 6.07 Å². The van der Waals surface area contributed by atoms with Crippen LogP contribution in [0.15, 0.2) is 18.2 Å². The van der Waals surface area contributed by atoms with Gasteiger partial charge in [-0.05, 0) is 18.7 Å². The third-order valence-electron chi connectivity index (χ3n) is 1.97. The number of benzene rings is 1. The normalized spacial score (nSPS) is 11.1. The predicted molar refractivity (Wildman–Crippen MR) is 48.7 cm³/mol. The molecule has 0 saturated heterocycles. The first-order valence-corrected chi connectivity index (χ1v) is 4.29. The Hall–Kier alpha value is -1.54. The monoisotopic (exact) mass is 214 g/mol. The van der Waals surface area contributed by atoms with Crippen molar-refractivity contribution in [1.29, 1.82) is 5.26 Å². The summed E-state index contributed by atoms with van der Waals surface area (Å²) >= 11 is 0. The van der Waals surface area contributed by atoms with Gasteiger partial charge in [-0.2, -0.15) is 5.26 Å². The van der Waals surface area contributed by atoms with Gasteiger partial charge in [-0.25, -0.2) is 13.2 Å². The molecule has 0 aliphatic rings. The van der Waals surface area contributed by atoms with Crippen molar-refractivity contribution in [2.75, 3.05) is 6.54 Å². The molecular formula is C10H9F3N2. The first-order valence-electron chi connectivity index (χ1n) is 4.29. The number of nitriles is 1. The molecule has 0 aliphatic heterocycles. The Morgan fingerprint density at radius 2 is 2.07 bits per heavy atom. The van der Waals surface area contributed by atoms with Crippen molar-refractivity contribution < 1.29 is 13.2 Å². The molecule has 15 heavy (non-hydrogen) atoms. The SMILES string of the molecule is N#Cc1cc(C(F)(F)CCN)ccc1F. The molecule has 0 fully saturated rings. The van der Waals surface area contributed by atoms with Gasteiger partial charge in [0.2, 0.25) is 0 Å². The first kappa shape index (κ1) is 11.5. The second-order valence-corrected chi connectivity index (χ2v) is 3.05. The van der Waals surface area contributed by atoms with E-state index in [2.05, 4.69) is 0 Å². The molecule has 0 unspecified atom stereocenters. The zero-order valence-corrected chi connectivity index (χ0v) is 7.80. The van der Waals surface area contributed by atoms with Crippen LogP contribution in [0.4, 0.5) is 13.2 Å². The summed E-state index contributed by atoms with van der Waals surface area (Å²) in [5, 5.41) is 8.48. The Morgan fingerprint density at radius 1 is 1.40 bits per heavy atom. The molecule has 0 saturated carbocycles. The standard InChI is InChI=1S/C10H9F3N2/c11-9-2-1-8(5-7(9)6-15)10(12,13)3-4-14/h1-2,5H,3-4,14H2. The molecule has 2 nitrogen and oxygen atoms in total. The van der Waals surface area contributed by atoms with Crippen LogP contribution in [0, 0.1) is 17.1 Å². The summed E-state index contributed by atoms with van der Waals surface area (Å²) in [5.41, 5.74) is 4.26. The van der Waals surface area contributed by atoms with Crippen molar-refractivity contribution in [2.24, 2.45) is 5.73 Å². The lowest BCUT2D eigenvalue weighted by Gasteiger charge is -2.15. The lowest BCUT2D eigenvalue weighted by Crippen LogP contribution is -2.18. The zero-order chi connectivity index (χ0) is 11.5. The van der Waals surface area contributed by atoms with Gasteiger partial charge in [0.15, 0.2) is 0 Å². The smallest absolute Gasteiger partial charge is 0.274 e. The molecule has 2 N–H and O–H groups in total. The summed E-state index contributed by atoms with van der Waals surface area (Å²) in [5.74, 6) is -3.92. The minimum Gasteiger partial charge on any atom is -0.330 e. The molecule has 0 radical (unpaired) electrons. The quantitative estimate of drug-likeness (QED) is 0.837. The van der Waals surface area contributed by atoms with Crippen molar-refractivity contribution >= 4 is 0 Å². The van der Waals surface area contributed by atoms with E-state index < -0.39 is 18.2 Å². The van der Waals surface area contributed by atoms with E-state index in [1.807, 2.05) is 0 Å². The Morgan fingerprint density at radius 3 is 2.60 bits per heavy atom. The molecule has 0 bridgehead atoms. The van der Waals surface area contributed by atoms with Crippen LogP contribution >= 0.6 is 0 Å². The Labute approximate surface area is 85.1 Å². The number of hydrogen-bond acceptors (Lipinski definition) is 2. The number of hydrogen-bond donors (Lipinski definition) is 1. The number of nitrogens with two attached hydrogens (primary N) is 1. The molecule has 0 heterocycles. The Balaban J connectivity index is 3.12. The largest absolute Gasteiger partial charge is 0.330 e. The summed E-state index contributed by atoms with van der Waals surface area (Å²) in [6.07, 6.45) is -0.524. The molecule has 0 amide bonds. The average Bonchev–Trinajstić information content (AvgIpc) is 2.18. The second-order valence-electron chi connectivity index (χ2n) is 3.05. The van der Waals surface area contributed by atoms with Gasteiger partial charge in [0.25, 0.3) is 5.92 Å². The van der Waals surface area contributed by atoms with Gasteiger partial charge in [-0.15, -0.1) is 0 Å². The lowest BCUT2D eigenvalue weighted by molar-refractivity contribution is -0.0107. The lowest BCUT2D eigenvalue weighted by atomic mass is 10.0. The van der Waals surface area contributed by atoms with E-state index in [4.69, 9.17) is 11.0 Å². The van der Waals surface area contributed by atoms with Crippen molar-refractivity contribution in [3.63, 3.8) is 0 Å². The summed E-state index contributed by atoms with van der Waals surface area (Å²) in [6.45, 7) is -0.174. The molecule has 0 aromatic heterocycles. The van der Waals surface area contributed by atoms with Crippen molar-refractivity contribution in [3.05, 3.63) is 35.1 Å². The fourth-order valence-electron chi connectivity index (χ4n) is 1.16. The summed E-state index contributed by atoms with van der Waals surface area (Å²) in [6, 6.07) is 4.19. The molecule has 1 rings (SSSR count). The topological polar surface area (TPSA) is 49.8 Å². The maximum Gasteiger partial charge on any atom is 0.274 e. The molecule has 0 atom stereocenters. The van der Waals surface area contributed by atoms with Crippen LogP contribution in [0.3, 0.4) is 0 Å². The summed E-state index contributed by atoms with van der Waals surface area (Å²) in [4.78, 5) is 0.